The highest BCUT2D eigenvalue weighted by Crippen LogP contribution is 2.30. The number of benzene rings is 1. The molecule has 3 rings (SSSR count). The van der Waals surface area contributed by atoms with Crippen LogP contribution in [0.15, 0.2) is 34.9 Å². The van der Waals surface area contributed by atoms with Crippen molar-refractivity contribution in [2.24, 2.45) is 0 Å². The lowest BCUT2D eigenvalue weighted by Gasteiger charge is -2.11. The zero-order valence-corrected chi connectivity index (χ0v) is 14.0. The Labute approximate surface area is 136 Å². The van der Waals surface area contributed by atoms with Crippen molar-refractivity contribution in [3.63, 3.8) is 0 Å². The molecule has 0 aliphatic rings. The van der Waals surface area contributed by atoms with Crippen LogP contribution in [0.3, 0.4) is 0 Å². The average molecular weight is 310 g/mol. The molecule has 0 aliphatic carbocycles. The van der Waals surface area contributed by atoms with E-state index in [1.54, 1.807) is 0 Å². The Morgan fingerprint density at radius 1 is 1.00 bits per heavy atom. The molecule has 0 saturated heterocycles. The zero-order valence-electron chi connectivity index (χ0n) is 14.0. The van der Waals surface area contributed by atoms with Crippen LogP contribution in [-0.4, -0.2) is 15.1 Å². The molecule has 0 amide bonds. The van der Waals surface area contributed by atoms with Crippen molar-refractivity contribution < 1.29 is 4.52 Å². The van der Waals surface area contributed by atoms with E-state index >= 15 is 0 Å². The first-order valence-corrected chi connectivity index (χ1v) is 8.01. The van der Waals surface area contributed by atoms with Gasteiger partial charge >= 0.3 is 0 Å². The van der Waals surface area contributed by atoms with Crippen LogP contribution in [0, 0.1) is 0 Å². The van der Waals surface area contributed by atoms with Crippen LogP contribution in [0.2, 0.25) is 0 Å². The smallest absolute Gasteiger partial charge is 0.263 e. The fraction of sp³-hybridized carbons (Fsp3) is 0.389. The summed E-state index contributed by atoms with van der Waals surface area (Å²) in [6.07, 6.45) is 0. The normalized spacial score (nSPS) is 11.6. The molecule has 23 heavy (non-hydrogen) atoms. The maximum atomic E-state index is 5.45. The molecule has 0 fully saturated rings. The van der Waals surface area contributed by atoms with Crippen LogP contribution >= 0.6 is 0 Å². The fourth-order valence-electron chi connectivity index (χ4n) is 2.45. The molecule has 3 aromatic rings. The van der Waals surface area contributed by atoms with Crippen molar-refractivity contribution in [3.05, 3.63) is 47.4 Å². The standard InChI is InChI=1S/C18H22N4O/c1-11(2)15-14-17(19-10-13-8-6-5-7-9-13)20-16(12(3)4)21-18(14)23-22-15/h5-9,11-12H,10H2,1-4H3,(H,19,20,21). The van der Waals surface area contributed by atoms with Crippen LogP contribution in [0.4, 0.5) is 5.82 Å². The Morgan fingerprint density at radius 2 is 1.74 bits per heavy atom. The Balaban J connectivity index is 2.03. The number of aromatic nitrogens is 3. The molecule has 2 heterocycles. The van der Waals surface area contributed by atoms with E-state index in [2.05, 4.69) is 55.3 Å². The minimum absolute atomic E-state index is 0.226. The predicted octanol–water partition coefficient (Wildman–Crippen LogP) is 4.48. The van der Waals surface area contributed by atoms with Crippen LogP contribution in [-0.2, 0) is 6.54 Å². The Bertz CT molecular complexity index is 793. The molecule has 2 aromatic heterocycles. The number of fused-ring (bicyclic) bond motifs is 1. The highest BCUT2D eigenvalue weighted by Gasteiger charge is 2.20. The van der Waals surface area contributed by atoms with Gasteiger partial charge in [0.25, 0.3) is 5.71 Å². The number of nitrogens with one attached hydrogen (secondary N) is 1. The van der Waals surface area contributed by atoms with Crippen LogP contribution in [0.1, 0.15) is 56.6 Å². The molecule has 0 bridgehead atoms. The third-order valence-electron chi connectivity index (χ3n) is 3.75. The SMILES string of the molecule is CC(C)c1nc(NCc2ccccc2)c2c(C(C)C)noc2n1. The summed E-state index contributed by atoms with van der Waals surface area (Å²) in [4.78, 5) is 9.22. The molecule has 120 valence electrons. The molecular formula is C18H22N4O. The van der Waals surface area contributed by atoms with Gasteiger partial charge in [-0.25, -0.2) is 4.98 Å². The first-order chi connectivity index (χ1) is 11.1. The van der Waals surface area contributed by atoms with Crippen molar-refractivity contribution in [3.8, 4) is 0 Å². The van der Waals surface area contributed by atoms with Gasteiger partial charge in [0.1, 0.15) is 17.0 Å². The maximum Gasteiger partial charge on any atom is 0.263 e. The van der Waals surface area contributed by atoms with Gasteiger partial charge in [-0.15, -0.1) is 0 Å². The van der Waals surface area contributed by atoms with E-state index in [1.807, 2.05) is 18.2 Å². The molecule has 5 heteroatoms. The van der Waals surface area contributed by atoms with E-state index in [-0.39, 0.29) is 11.8 Å². The van der Waals surface area contributed by atoms with Gasteiger partial charge in [0.15, 0.2) is 0 Å². The van der Waals surface area contributed by atoms with E-state index in [0.29, 0.717) is 12.3 Å². The second-order valence-corrected chi connectivity index (χ2v) is 6.33. The van der Waals surface area contributed by atoms with Crippen LogP contribution in [0.5, 0.6) is 0 Å². The number of hydrogen-bond donors (Lipinski definition) is 1. The minimum Gasteiger partial charge on any atom is -0.365 e. The summed E-state index contributed by atoms with van der Waals surface area (Å²) in [6, 6.07) is 10.3. The van der Waals surface area contributed by atoms with Gasteiger partial charge in [0.2, 0.25) is 0 Å². The first-order valence-electron chi connectivity index (χ1n) is 8.01. The first kappa shape index (κ1) is 15.5. The highest BCUT2D eigenvalue weighted by atomic mass is 16.5. The number of hydrogen-bond acceptors (Lipinski definition) is 5. The lowest BCUT2D eigenvalue weighted by atomic mass is 10.1. The summed E-state index contributed by atoms with van der Waals surface area (Å²) in [7, 11) is 0. The van der Waals surface area contributed by atoms with E-state index in [4.69, 9.17) is 9.51 Å². The monoisotopic (exact) mass is 310 g/mol. The van der Waals surface area contributed by atoms with E-state index in [0.717, 1.165) is 22.7 Å². The second-order valence-electron chi connectivity index (χ2n) is 6.33. The second kappa shape index (κ2) is 6.36. The largest absolute Gasteiger partial charge is 0.365 e. The van der Waals surface area contributed by atoms with Gasteiger partial charge in [-0.05, 0) is 11.5 Å². The summed E-state index contributed by atoms with van der Waals surface area (Å²) in [6.45, 7) is 9.03. The number of nitrogens with zero attached hydrogens (tertiary/aromatic N) is 3. The van der Waals surface area contributed by atoms with Gasteiger partial charge in [-0.1, -0.05) is 63.2 Å². The third kappa shape index (κ3) is 3.18. The van der Waals surface area contributed by atoms with Gasteiger partial charge in [0, 0.05) is 12.5 Å². The lowest BCUT2D eigenvalue weighted by molar-refractivity contribution is 0.433. The van der Waals surface area contributed by atoms with Gasteiger partial charge < -0.3 is 9.84 Å². The van der Waals surface area contributed by atoms with Crippen LogP contribution < -0.4 is 5.32 Å². The molecule has 5 nitrogen and oxygen atoms in total. The zero-order chi connectivity index (χ0) is 16.4. The van der Waals surface area contributed by atoms with Gasteiger partial charge in [0.05, 0.1) is 5.69 Å². The van der Waals surface area contributed by atoms with Crippen molar-refractivity contribution in [1.82, 2.24) is 15.1 Å². The average Bonchev–Trinajstić information content (AvgIpc) is 2.97. The topological polar surface area (TPSA) is 63.8 Å². The van der Waals surface area contributed by atoms with Crippen molar-refractivity contribution in [2.75, 3.05) is 5.32 Å². The Hall–Kier alpha value is -2.43. The van der Waals surface area contributed by atoms with Crippen molar-refractivity contribution >= 4 is 16.9 Å². The van der Waals surface area contributed by atoms with E-state index < -0.39 is 0 Å². The predicted molar refractivity (Wildman–Crippen MR) is 91.5 cm³/mol. The summed E-state index contributed by atoms with van der Waals surface area (Å²) in [5.41, 5.74) is 2.65. The molecule has 0 radical (unpaired) electrons. The number of anilines is 1. The summed E-state index contributed by atoms with van der Waals surface area (Å²) < 4.78 is 5.45. The molecular weight excluding hydrogens is 288 g/mol. The van der Waals surface area contributed by atoms with E-state index in [1.165, 1.54) is 5.56 Å². The minimum atomic E-state index is 0.226. The lowest BCUT2D eigenvalue weighted by Crippen LogP contribution is -2.07. The molecule has 1 N–H and O–H groups in total. The molecule has 0 unspecified atom stereocenters. The molecule has 1 aromatic carbocycles. The number of rotatable bonds is 5. The molecule has 0 atom stereocenters. The quantitative estimate of drug-likeness (QED) is 0.753. The van der Waals surface area contributed by atoms with Crippen molar-refractivity contribution in [1.29, 1.82) is 0 Å². The third-order valence-corrected chi connectivity index (χ3v) is 3.75. The maximum absolute atomic E-state index is 5.45. The Kier molecular flexibility index (Phi) is 4.28. The van der Waals surface area contributed by atoms with E-state index in [9.17, 15) is 0 Å². The van der Waals surface area contributed by atoms with Crippen LogP contribution in [0.25, 0.3) is 11.1 Å². The highest BCUT2D eigenvalue weighted by molar-refractivity contribution is 5.88. The van der Waals surface area contributed by atoms with Gasteiger partial charge in [-0.2, -0.15) is 4.98 Å². The molecule has 0 aliphatic heterocycles. The summed E-state index contributed by atoms with van der Waals surface area (Å²) in [5, 5.41) is 8.51. The fourth-order valence-corrected chi connectivity index (χ4v) is 2.45. The molecule has 0 spiro atoms. The molecule has 0 saturated carbocycles. The Morgan fingerprint density at radius 3 is 2.39 bits per heavy atom. The van der Waals surface area contributed by atoms with Crippen molar-refractivity contribution in [2.45, 2.75) is 46.1 Å². The summed E-state index contributed by atoms with van der Waals surface area (Å²) in [5.74, 6) is 2.04. The summed E-state index contributed by atoms with van der Waals surface area (Å²) >= 11 is 0. The van der Waals surface area contributed by atoms with Gasteiger partial charge in [-0.3, -0.25) is 0 Å².